The summed E-state index contributed by atoms with van der Waals surface area (Å²) < 4.78 is 30.8. The van der Waals surface area contributed by atoms with Crippen molar-refractivity contribution < 1.29 is 48.5 Å². The van der Waals surface area contributed by atoms with Gasteiger partial charge >= 0.3 is 0 Å². The smallest absolute Gasteiger partial charge is 0.129 e. The minimum absolute atomic E-state index is 0.250. The molecule has 0 amide bonds. The molecule has 0 unspecified atom stereocenters. The number of hydrogen-bond donors (Lipinski definition) is 3. The number of nitrogens with zero attached hydrogens (tertiary/aromatic N) is 9. The Morgan fingerprint density at radius 3 is 1.05 bits per heavy atom. The van der Waals surface area contributed by atoms with E-state index in [0.717, 1.165) is 0 Å². The van der Waals surface area contributed by atoms with Crippen LogP contribution in [0.25, 0.3) is 31.3 Å². The van der Waals surface area contributed by atoms with E-state index in [0.29, 0.717) is 118 Å². The molecule has 0 aromatic carbocycles. The molecule has 0 fully saturated rings. The van der Waals surface area contributed by atoms with Crippen molar-refractivity contribution in [2.45, 2.75) is 34.1 Å². The van der Waals surface area contributed by atoms with Gasteiger partial charge in [-0.25, -0.2) is 4.89 Å². The molecule has 20 heteroatoms. The van der Waals surface area contributed by atoms with Gasteiger partial charge in [-0.05, 0) is 37.4 Å². The molecule has 20 nitrogen and oxygen atoms in total. The van der Waals surface area contributed by atoms with Crippen LogP contribution in [0.3, 0.4) is 0 Å². The minimum Gasteiger partial charge on any atom is -0.397 e. The monoisotopic (exact) mass is 642 g/mol. The van der Waals surface area contributed by atoms with Crippen LogP contribution in [0.1, 0.15) is 34.1 Å². The molecular formula is C24H54N10O10. The Bertz CT molecular complexity index is 652. The van der Waals surface area contributed by atoms with Crippen LogP contribution in [0.4, 0.5) is 0 Å². The average molecular weight is 643 g/mol. The Labute approximate surface area is 259 Å². The maximum absolute atomic E-state index is 9.81. The van der Waals surface area contributed by atoms with Crippen molar-refractivity contribution in [1.82, 2.24) is 0 Å². The van der Waals surface area contributed by atoms with Crippen LogP contribution in [-0.2, 0) is 38.1 Å². The predicted octanol–water partition coefficient (Wildman–Crippen LogP) is 3.44. The lowest BCUT2D eigenvalue weighted by Gasteiger charge is -2.05. The molecule has 0 aliphatic rings. The summed E-state index contributed by atoms with van der Waals surface area (Å²) in [5, 5.41) is 24.9. The number of ketones is 1. The van der Waals surface area contributed by atoms with Crippen molar-refractivity contribution in [2.75, 3.05) is 119 Å². The molecule has 0 atom stereocenters. The molecule has 0 radical (unpaired) electrons. The van der Waals surface area contributed by atoms with Crippen molar-refractivity contribution >= 4 is 5.78 Å². The van der Waals surface area contributed by atoms with E-state index < -0.39 is 0 Å². The highest BCUT2D eigenvalue weighted by atomic mass is 17.1. The van der Waals surface area contributed by atoms with E-state index in [2.05, 4.69) is 35.0 Å². The molecule has 0 aromatic heterocycles. The average Bonchev–Trinajstić information content (AvgIpc) is 3.03. The van der Waals surface area contributed by atoms with Gasteiger partial charge in [0.1, 0.15) is 5.78 Å². The van der Waals surface area contributed by atoms with Crippen molar-refractivity contribution in [3.63, 3.8) is 0 Å². The molecule has 260 valence electrons. The molecule has 0 saturated carbocycles. The summed E-state index contributed by atoms with van der Waals surface area (Å²) in [5.74, 6) is 0.255. The normalized spacial score (nSPS) is 8.98. The zero-order chi connectivity index (χ0) is 34.2. The molecule has 4 N–H and O–H groups in total. The first-order valence-corrected chi connectivity index (χ1v) is 14.0. The summed E-state index contributed by atoms with van der Waals surface area (Å²) in [6, 6.07) is 0. The third-order valence-corrected chi connectivity index (χ3v) is 3.57. The number of azide groups is 3. The highest BCUT2D eigenvalue weighted by Gasteiger charge is 1.91. The predicted molar refractivity (Wildman–Crippen MR) is 164 cm³/mol. The van der Waals surface area contributed by atoms with Crippen LogP contribution in [0.15, 0.2) is 15.3 Å². The lowest BCUT2D eigenvalue weighted by molar-refractivity contribution is -0.237. The highest BCUT2D eigenvalue weighted by molar-refractivity contribution is 5.74. The van der Waals surface area contributed by atoms with Crippen LogP contribution in [0, 0.1) is 0 Å². The maximum atomic E-state index is 9.81. The van der Waals surface area contributed by atoms with Crippen molar-refractivity contribution in [3.8, 4) is 0 Å². The van der Waals surface area contributed by atoms with Gasteiger partial charge in [0.05, 0.1) is 85.9 Å². The van der Waals surface area contributed by atoms with Gasteiger partial charge in [-0.3, -0.25) is 5.26 Å². The first-order valence-electron chi connectivity index (χ1n) is 14.0. The van der Waals surface area contributed by atoms with Gasteiger partial charge in [0.15, 0.2) is 0 Å². The van der Waals surface area contributed by atoms with E-state index in [1.807, 2.05) is 6.92 Å². The number of nitrogens with two attached hydrogens (primary N) is 1. The second-order valence-electron chi connectivity index (χ2n) is 7.12. The summed E-state index contributed by atoms with van der Waals surface area (Å²) in [6.07, 6.45) is 0.667. The number of carbonyl (C=O) groups excluding carboxylic acids is 1. The summed E-state index contributed by atoms with van der Waals surface area (Å²) in [6.45, 7) is 14.7. The molecule has 0 aliphatic heterocycles. The Kier molecular flexibility index (Phi) is 68.8. The van der Waals surface area contributed by atoms with Gasteiger partial charge in [0.25, 0.3) is 0 Å². The molecule has 0 bridgehead atoms. The van der Waals surface area contributed by atoms with Crippen molar-refractivity contribution in [3.05, 3.63) is 31.3 Å². The van der Waals surface area contributed by atoms with E-state index in [1.165, 1.54) is 0 Å². The number of aliphatic hydroxyl groups is 1. The standard InChI is InChI=1S/C8H16N6O3.C8H18N4O3.C4H8O.C2H6O2.C2H6O/c9-13-11-1-3-15-5-7-17-8-6-16-4-2-12-14-10;9-1-3-13-5-7-15-8-6-14-4-2-11-12-10;1-3-4(2)5;1-2-4-3;1-2-3/h1-8H2;1-9H2;3H2,1-2H3;3H,2H2,1H3;3H,2H2,1H3. The third-order valence-electron chi connectivity index (χ3n) is 3.57. The van der Waals surface area contributed by atoms with E-state index in [9.17, 15) is 4.79 Å². The molecular weight excluding hydrogens is 588 g/mol. The quantitative estimate of drug-likeness (QED) is 0.0323. The van der Waals surface area contributed by atoms with Gasteiger partial charge in [-0.1, -0.05) is 22.3 Å². The first kappa shape index (κ1) is 50.8. The van der Waals surface area contributed by atoms with Gasteiger partial charge < -0.3 is 44.1 Å². The maximum Gasteiger partial charge on any atom is 0.129 e. The topological polar surface area (TPSA) is 294 Å². The zero-order valence-electron chi connectivity index (χ0n) is 26.7. The summed E-state index contributed by atoms with van der Waals surface area (Å²) >= 11 is 0. The minimum atomic E-state index is 0.250. The van der Waals surface area contributed by atoms with Crippen LogP contribution in [0.2, 0.25) is 0 Å². The lowest BCUT2D eigenvalue weighted by atomic mass is 10.4. The van der Waals surface area contributed by atoms with Crippen LogP contribution in [-0.4, -0.2) is 135 Å². The lowest BCUT2D eigenvalue weighted by Crippen LogP contribution is -2.13. The fourth-order valence-electron chi connectivity index (χ4n) is 1.62. The summed E-state index contributed by atoms with van der Waals surface area (Å²) in [4.78, 5) is 21.1. The highest BCUT2D eigenvalue weighted by Crippen LogP contribution is 1.83. The second kappa shape index (κ2) is 59.6. The molecule has 0 aromatic rings. The molecule has 0 rings (SSSR count). The van der Waals surface area contributed by atoms with Crippen LogP contribution < -0.4 is 5.73 Å². The van der Waals surface area contributed by atoms with E-state index in [4.69, 9.17) is 61.1 Å². The second-order valence-corrected chi connectivity index (χ2v) is 7.12. The molecule has 0 aliphatic carbocycles. The van der Waals surface area contributed by atoms with Crippen molar-refractivity contribution in [1.29, 1.82) is 0 Å². The third kappa shape index (κ3) is 83.3. The first-order chi connectivity index (χ1) is 21.4. The number of aliphatic hydroxyl groups excluding tert-OH is 1. The number of Topliss-reactive ketones (excluding diaryl/α,β-unsaturated/α-hetero) is 1. The Balaban J connectivity index is -0.000000169. The van der Waals surface area contributed by atoms with Gasteiger partial charge in [0, 0.05) is 53.9 Å². The van der Waals surface area contributed by atoms with Crippen molar-refractivity contribution in [2.24, 2.45) is 21.1 Å². The Morgan fingerprint density at radius 2 is 0.864 bits per heavy atom. The molecule has 0 heterocycles. The number of carbonyl (C=O) groups is 1. The fraction of sp³-hybridized carbons (Fsp3) is 0.958. The molecule has 0 saturated heterocycles. The Morgan fingerprint density at radius 1 is 0.636 bits per heavy atom. The van der Waals surface area contributed by atoms with E-state index in [1.54, 1.807) is 20.8 Å². The van der Waals surface area contributed by atoms with Gasteiger partial charge in [-0.15, -0.1) is 0 Å². The number of rotatable bonds is 25. The van der Waals surface area contributed by atoms with E-state index >= 15 is 0 Å². The fourth-order valence-corrected chi connectivity index (χ4v) is 1.62. The van der Waals surface area contributed by atoms with Gasteiger partial charge in [-0.2, -0.15) is 0 Å². The van der Waals surface area contributed by atoms with Gasteiger partial charge in [0.2, 0.25) is 0 Å². The number of hydrogen-bond acceptors (Lipinski definition) is 14. The zero-order valence-corrected chi connectivity index (χ0v) is 26.7. The molecule has 44 heavy (non-hydrogen) atoms. The van der Waals surface area contributed by atoms with E-state index in [-0.39, 0.29) is 12.4 Å². The summed E-state index contributed by atoms with van der Waals surface area (Å²) in [5.41, 5.74) is 29.2. The van der Waals surface area contributed by atoms with Crippen LogP contribution >= 0.6 is 0 Å². The number of ether oxygens (including phenoxy) is 6. The Hall–Kier alpha value is -2.80. The van der Waals surface area contributed by atoms with Crippen LogP contribution in [0.5, 0.6) is 0 Å². The SMILES string of the molecule is CCC(C)=O.CCO.CCOO.[N-]=[N+]=NCCOCCOCCOCCN.[N-]=[N+]=NCCOCCOCCOCCN=[N+]=[N-]. The molecule has 0 spiro atoms. The summed E-state index contributed by atoms with van der Waals surface area (Å²) in [7, 11) is 0. The largest absolute Gasteiger partial charge is 0.397 e.